The van der Waals surface area contributed by atoms with Gasteiger partial charge in [-0.3, -0.25) is 9.59 Å². The molecule has 1 fully saturated rings. The first kappa shape index (κ1) is 14.3. The minimum atomic E-state index is -0.224. The summed E-state index contributed by atoms with van der Waals surface area (Å²) in [7, 11) is 1.77. The van der Waals surface area contributed by atoms with Gasteiger partial charge in [-0.15, -0.1) is 0 Å². The molecule has 1 N–H and O–H groups in total. The third-order valence-corrected chi connectivity index (χ3v) is 3.92. The van der Waals surface area contributed by atoms with Crippen molar-refractivity contribution in [3.63, 3.8) is 0 Å². The largest absolute Gasteiger partial charge is 0.330 e. The van der Waals surface area contributed by atoms with E-state index in [1.807, 2.05) is 31.2 Å². The fourth-order valence-corrected chi connectivity index (χ4v) is 2.73. The summed E-state index contributed by atoms with van der Waals surface area (Å²) in [6.07, 6.45) is 4.54. The van der Waals surface area contributed by atoms with E-state index in [1.54, 1.807) is 22.8 Å². The molecule has 22 heavy (non-hydrogen) atoms. The van der Waals surface area contributed by atoms with E-state index in [9.17, 15) is 9.59 Å². The summed E-state index contributed by atoms with van der Waals surface area (Å²) in [4.78, 5) is 29.9. The van der Waals surface area contributed by atoms with Gasteiger partial charge in [0.1, 0.15) is 5.69 Å². The van der Waals surface area contributed by atoms with E-state index in [4.69, 9.17) is 0 Å². The molecule has 2 aromatic rings. The lowest BCUT2D eigenvalue weighted by molar-refractivity contribution is -0.117. The van der Waals surface area contributed by atoms with Crippen LogP contribution in [0.15, 0.2) is 36.8 Å². The average molecular weight is 298 g/mol. The van der Waals surface area contributed by atoms with Gasteiger partial charge in [0.05, 0.1) is 12.5 Å². The van der Waals surface area contributed by atoms with E-state index in [0.717, 1.165) is 12.1 Å². The molecule has 1 aliphatic heterocycles. The maximum Gasteiger partial charge on any atom is 0.273 e. The monoisotopic (exact) mass is 298 g/mol. The number of hydrogen-bond acceptors (Lipinski definition) is 3. The Hall–Kier alpha value is -2.63. The van der Waals surface area contributed by atoms with Crippen LogP contribution in [-0.2, 0) is 11.8 Å². The summed E-state index contributed by atoms with van der Waals surface area (Å²) >= 11 is 0. The Labute approximate surface area is 128 Å². The number of aryl methyl sites for hydroxylation is 1. The van der Waals surface area contributed by atoms with Crippen molar-refractivity contribution in [1.29, 1.82) is 0 Å². The molecule has 3 rings (SSSR count). The Morgan fingerprint density at radius 2 is 2.23 bits per heavy atom. The molecular weight excluding hydrogens is 280 g/mol. The highest BCUT2D eigenvalue weighted by Crippen LogP contribution is 2.28. The second-order valence-electron chi connectivity index (χ2n) is 5.55. The molecular formula is C16H18N4O2. The van der Waals surface area contributed by atoms with Gasteiger partial charge in [-0.05, 0) is 31.5 Å². The number of aromatic nitrogens is 2. The molecule has 1 aliphatic rings. The molecule has 1 unspecified atom stereocenters. The van der Waals surface area contributed by atoms with Crippen LogP contribution in [0.3, 0.4) is 0 Å². The average Bonchev–Trinajstić information content (AvgIpc) is 3.05. The molecule has 6 heteroatoms. The molecule has 6 nitrogen and oxygen atoms in total. The van der Waals surface area contributed by atoms with E-state index in [2.05, 4.69) is 10.3 Å². The van der Waals surface area contributed by atoms with Crippen LogP contribution in [0.2, 0.25) is 0 Å². The lowest BCUT2D eigenvalue weighted by Gasteiger charge is -2.22. The summed E-state index contributed by atoms with van der Waals surface area (Å²) in [5.74, 6) is -0.0967. The normalized spacial score (nSPS) is 17.8. The van der Waals surface area contributed by atoms with E-state index >= 15 is 0 Å². The van der Waals surface area contributed by atoms with Crippen molar-refractivity contribution in [3.8, 4) is 0 Å². The summed E-state index contributed by atoms with van der Waals surface area (Å²) in [6.45, 7) is 2.03. The van der Waals surface area contributed by atoms with Crippen LogP contribution < -0.4 is 10.2 Å². The van der Waals surface area contributed by atoms with E-state index in [1.165, 1.54) is 6.20 Å². The molecule has 0 aliphatic carbocycles. The molecule has 0 bridgehead atoms. The van der Waals surface area contributed by atoms with E-state index in [-0.39, 0.29) is 17.9 Å². The first-order chi connectivity index (χ1) is 10.6. The van der Waals surface area contributed by atoms with E-state index in [0.29, 0.717) is 17.8 Å². The van der Waals surface area contributed by atoms with Crippen LogP contribution in [0.4, 0.5) is 11.4 Å². The number of nitrogens with zero attached hydrogens (tertiary/aromatic N) is 3. The topological polar surface area (TPSA) is 67.2 Å². The molecule has 0 radical (unpaired) electrons. The summed E-state index contributed by atoms with van der Waals surface area (Å²) in [5.41, 5.74) is 1.96. The molecule has 1 saturated heterocycles. The zero-order valence-corrected chi connectivity index (χ0v) is 12.6. The zero-order valence-electron chi connectivity index (χ0n) is 12.6. The predicted octanol–water partition coefficient (Wildman–Crippen LogP) is 2.19. The van der Waals surface area contributed by atoms with Gasteiger partial charge in [-0.2, -0.15) is 0 Å². The highest BCUT2D eigenvalue weighted by atomic mass is 16.2. The molecule has 114 valence electrons. The van der Waals surface area contributed by atoms with Crippen LogP contribution in [0, 0.1) is 0 Å². The lowest BCUT2D eigenvalue weighted by Crippen LogP contribution is -2.30. The third-order valence-electron chi connectivity index (χ3n) is 3.92. The Morgan fingerprint density at radius 1 is 1.41 bits per heavy atom. The van der Waals surface area contributed by atoms with Crippen LogP contribution in [-0.4, -0.2) is 27.4 Å². The van der Waals surface area contributed by atoms with Crippen molar-refractivity contribution < 1.29 is 9.59 Å². The van der Waals surface area contributed by atoms with Crippen molar-refractivity contribution >= 4 is 23.2 Å². The summed E-state index contributed by atoms with van der Waals surface area (Å²) in [5, 5.41) is 2.84. The standard InChI is InChI=1S/C16H18N4O2/c1-11-6-7-15(21)20(11)13-5-3-4-12(8-13)18-16(22)14-9-17-10-19(14)2/h3-5,8-11H,6-7H2,1-2H3,(H,18,22). The van der Waals surface area contributed by atoms with Gasteiger partial charge in [0, 0.05) is 30.9 Å². The fraction of sp³-hybridized carbons (Fsp3) is 0.312. The molecule has 2 heterocycles. The Morgan fingerprint density at radius 3 is 2.86 bits per heavy atom. The maximum absolute atomic E-state index is 12.2. The number of benzene rings is 1. The second kappa shape index (κ2) is 5.63. The van der Waals surface area contributed by atoms with Crippen molar-refractivity contribution in [2.75, 3.05) is 10.2 Å². The van der Waals surface area contributed by atoms with Crippen LogP contribution >= 0.6 is 0 Å². The van der Waals surface area contributed by atoms with Gasteiger partial charge in [0.15, 0.2) is 0 Å². The lowest BCUT2D eigenvalue weighted by atomic mass is 10.2. The maximum atomic E-state index is 12.2. The molecule has 2 amide bonds. The first-order valence-corrected chi connectivity index (χ1v) is 7.26. The number of amides is 2. The Bertz CT molecular complexity index is 722. The minimum absolute atomic E-state index is 0.127. The highest BCUT2D eigenvalue weighted by molar-refractivity contribution is 6.03. The number of rotatable bonds is 3. The number of anilines is 2. The van der Waals surface area contributed by atoms with Gasteiger partial charge in [0.2, 0.25) is 5.91 Å². The first-order valence-electron chi connectivity index (χ1n) is 7.26. The zero-order chi connectivity index (χ0) is 15.7. The van der Waals surface area contributed by atoms with Crippen LogP contribution in [0.5, 0.6) is 0 Å². The number of carbonyl (C=O) groups is 2. The number of carbonyl (C=O) groups excluding carboxylic acids is 2. The molecule has 0 spiro atoms. The third kappa shape index (κ3) is 2.59. The molecule has 1 aromatic heterocycles. The van der Waals surface area contributed by atoms with Crippen LogP contribution in [0.1, 0.15) is 30.3 Å². The van der Waals surface area contributed by atoms with Gasteiger partial charge in [0.25, 0.3) is 5.91 Å². The quantitative estimate of drug-likeness (QED) is 0.944. The molecule has 1 atom stereocenters. The number of imidazole rings is 1. The van der Waals surface area contributed by atoms with Crippen molar-refractivity contribution in [3.05, 3.63) is 42.5 Å². The van der Waals surface area contributed by atoms with Crippen molar-refractivity contribution in [2.24, 2.45) is 7.05 Å². The fourth-order valence-electron chi connectivity index (χ4n) is 2.73. The second-order valence-corrected chi connectivity index (χ2v) is 5.55. The SMILES string of the molecule is CC1CCC(=O)N1c1cccc(NC(=O)c2cncn2C)c1. The predicted molar refractivity (Wildman–Crippen MR) is 83.8 cm³/mol. The van der Waals surface area contributed by atoms with E-state index < -0.39 is 0 Å². The van der Waals surface area contributed by atoms with Gasteiger partial charge in [-0.1, -0.05) is 6.07 Å². The van der Waals surface area contributed by atoms with Crippen LogP contribution in [0.25, 0.3) is 0 Å². The minimum Gasteiger partial charge on any atom is -0.330 e. The number of nitrogens with one attached hydrogen (secondary N) is 1. The van der Waals surface area contributed by atoms with Crippen molar-refractivity contribution in [2.45, 2.75) is 25.8 Å². The Kier molecular flexibility index (Phi) is 3.66. The highest BCUT2D eigenvalue weighted by Gasteiger charge is 2.28. The number of hydrogen-bond donors (Lipinski definition) is 1. The summed E-state index contributed by atoms with van der Waals surface area (Å²) < 4.78 is 1.66. The Balaban J connectivity index is 1.81. The van der Waals surface area contributed by atoms with Gasteiger partial charge >= 0.3 is 0 Å². The smallest absolute Gasteiger partial charge is 0.273 e. The molecule has 1 aromatic carbocycles. The summed E-state index contributed by atoms with van der Waals surface area (Å²) in [6, 6.07) is 7.55. The molecule has 0 saturated carbocycles. The van der Waals surface area contributed by atoms with Crippen molar-refractivity contribution in [1.82, 2.24) is 9.55 Å². The van der Waals surface area contributed by atoms with Gasteiger partial charge in [-0.25, -0.2) is 4.98 Å². The van der Waals surface area contributed by atoms with Gasteiger partial charge < -0.3 is 14.8 Å².